The lowest BCUT2D eigenvalue weighted by Crippen LogP contribution is -2.47. The van der Waals surface area contributed by atoms with E-state index in [4.69, 9.17) is 10.6 Å². The van der Waals surface area contributed by atoms with Crippen LogP contribution in [0.25, 0.3) is 0 Å². The molecule has 0 saturated carbocycles. The highest BCUT2D eigenvalue weighted by Gasteiger charge is 2.24. The van der Waals surface area contributed by atoms with Gasteiger partial charge in [0.1, 0.15) is 0 Å². The molecule has 2 atom stereocenters. The Morgan fingerprint density at radius 2 is 2.10 bits per heavy atom. The fraction of sp³-hybridized carbons (Fsp3) is 0.786. The minimum absolute atomic E-state index is 0.0904. The number of hydrogen-bond acceptors (Lipinski definition) is 4. The summed E-state index contributed by atoms with van der Waals surface area (Å²) in [6.45, 7) is 9.85. The average molecular weight is 347 g/mol. The molecule has 0 aliphatic rings. The van der Waals surface area contributed by atoms with Crippen LogP contribution in [-0.4, -0.2) is 28.5 Å². The maximum atomic E-state index is 5.84. The Balaban J connectivity index is 2.91. The third-order valence-electron chi connectivity index (χ3n) is 3.48. The molecule has 0 radical (unpaired) electrons. The molecular formula is C14H27BrN4O. The molecule has 3 N–H and O–H groups in total. The van der Waals surface area contributed by atoms with Crippen LogP contribution < -0.4 is 11.3 Å². The molecule has 0 saturated heterocycles. The first kappa shape index (κ1) is 17.6. The zero-order valence-electron chi connectivity index (χ0n) is 12.9. The summed E-state index contributed by atoms with van der Waals surface area (Å²) in [5.74, 6) is 5.76. The van der Waals surface area contributed by atoms with Gasteiger partial charge in [0.25, 0.3) is 0 Å². The minimum atomic E-state index is 0.0904. The number of aryl methyl sites for hydroxylation is 2. The summed E-state index contributed by atoms with van der Waals surface area (Å²) in [5, 5.41) is 4.53. The second kappa shape index (κ2) is 8.77. The molecule has 116 valence electrons. The smallest absolute Gasteiger partial charge is 0.0745 e. The maximum absolute atomic E-state index is 5.84. The van der Waals surface area contributed by atoms with E-state index in [1.54, 1.807) is 0 Å². The van der Waals surface area contributed by atoms with Gasteiger partial charge in [-0.15, -0.1) is 0 Å². The first-order valence-electron chi connectivity index (χ1n) is 7.38. The number of hydrazine groups is 1. The highest BCUT2D eigenvalue weighted by Crippen LogP contribution is 2.24. The van der Waals surface area contributed by atoms with E-state index in [1.165, 1.54) is 5.69 Å². The van der Waals surface area contributed by atoms with Crippen molar-refractivity contribution in [3.05, 3.63) is 15.9 Å². The quantitative estimate of drug-likeness (QED) is 0.532. The number of nitrogens with zero attached hydrogens (tertiary/aromatic N) is 2. The van der Waals surface area contributed by atoms with E-state index < -0.39 is 0 Å². The van der Waals surface area contributed by atoms with Gasteiger partial charge in [0.05, 0.1) is 28.0 Å². The summed E-state index contributed by atoms with van der Waals surface area (Å²) in [6, 6.07) is 0.0904. The van der Waals surface area contributed by atoms with Crippen molar-refractivity contribution in [3.63, 3.8) is 0 Å². The number of halogens is 1. The number of hydrogen-bond donors (Lipinski definition) is 2. The molecular weight excluding hydrogens is 320 g/mol. The van der Waals surface area contributed by atoms with Gasteiger partial charge >= 0.3 is 0 Å². The van der Waals surface area contributed by atoms with Crippen LogP contribution in [0.2, 0.25) is 0 Å². The molecule has 0 aliphatic heterocycles. The number of ether oxygens (including phenoxy) is 1. The van der Waals surface area contributed by atoms with E-state index in [-0.39, 0.29) is 12.1 Å². The summed E-state index contributed by atoms with van der Waals surface area (Å²) in [7, 11) is 0. The second-order valence-electron chi connectivity index (χ2n) is 4.92. The zero-order chi connectivity index (χ0) is 15.1. The van der Waals surface area contributed by atoms with Crippen molar-refractivity contribution in [2.75, 3.05) is 6.61 Å². The van der Waals surface area contributed by atoms with E-state index in [0.29, 0.717) is 6.61 Å². The highest BCUT2D eigenvalue weighted by atomic mass is 79.9. The Morgan fingerprint density at radius 1 is 1.40 bits per heavy atom. The molecule has 1 aromatic rings. The molecule has 1 aromatic heterocycles. The van der Waals surface area contributed by atoms with Crippen LogP contribution in [0.5, 0.6) is 0 Å². The van der Waals surface area contributed by atoms with Gasteiger partial charge in [-0.1, -0.05) is 13.3 Å². The molecule has 2 unspecified atom stereocenters. The normalized spacial score (nSPS) is 14.5. The number of nitrogens with two attached hydrogens (primary N) is 1. The second-order valence-corrected chi connectivity index (χ2v) is 5.71. The molecule has 0 aromatic carbocycles. The van der Waals surface area contributed by atoms with Crippen LogP contribution >= 0.6 is 15.9 Å². The lowest BCUT2D eigenvalue weighted by Gasteiger charge is -2.26. The van der Waals surface area contributed by atoms with Gasteiger partial charge in [-0.3, -0.25) is 16.0 Å². The van der Waals surface area contributed by atoms with Crippen molar-refractivity contribution in [3.8, 4) is 0 Å². The van der Waals surface area contributed by atoms with E-state index >= 15 is 0 Å². The monoisotopic (exact) mass is 346 g/mol. The SMILES string of the molecule is CCCC(OCC)C(Cc1c(Br)c(C)nn1CC)NN. The summed E-state index contributed by atoms with van der Waals surface area (Å²) in [4.78, 5) is 0. The van der Waals surface area contributed by atoms with Gasteiger partial charge < -0.3 is 4.74 Å². The Labute approximate surface area is 130 Å². The van der Waals surface area contributed by atoms with Gasteiger partial charge in [0.15, 0.2) is 0 Å². The first-order chi connectivity index (χ1) is 9.58. The Bertz CT molecular complexity index is 402. The highest BCUT2D eigenvalue weighted by molar-refractivity contribution is 9.10. The van der Waals surface area contributed by atoms with Crippen molar-refractivity contribution < 1.29 is 4.74 Å². The third kappa shape index (κ3) is 4.28. The zero-order valence-corrected chi connectivity index (χ0v) is 14.5. The molecule has 1 rings (SSSR count). The van der Waals surface area contributed by atoms with Crippen molar-refractivity contribution in [1.29, 1.82) is 0 Å². The summed E-state index contributed by atoms with van der Waals surface area (Å²) < 4.78 is 8.94. The van der Waals surface area contributed by atoms with Crippen LogP contribution in [0.3, 0.4) is 0 Å². The number of rotatable bonds is 9. The van der Waals surface area contributed by atoms with Crippen molar-refractivity contribution in [2.45, 2.75) is 65.6 Å². The van der Waals surface area contributed by atoms with E-state index in [1.807, 2.05) is 18.5 Å². The maximum Gasteiger partial charge on any atom is 0.0745 e. The summed E-state index contributed by atoms with van der Waals surface area (Å²) in [5.41, 5.74) is 5.11. The number of nitrogens with one attached hydrogen (secondary N) is 1. The fourth-order valence-corrected chi connectivity index (χ4v) is 2.92. The third-order valence-corrected chi connectivity index (χ3v) is 4.51. The summed E-state index contributed by atoms with van der Waals surface area (Å²) >= 11 is 3.63. The Morgan fingerprint density at radius 3 is 2.60 bits per heavy atom. The van der Waals surface area contributed by atoms with Crippen LogP contribution in [-0.2, 0) is 17.7 Å². The van der Waals surface area contributed by atoms with E-state index in [9.17, 15) is 0 Å². The number of aromatic nitrogens is 2. The molecule has 20 heavy (non-hydrogen) atoms. The summed E-state index contributed by atoms with van der Waals surface area (Å²) in [6.07, 6.45) is 3.01. The largest absolute Gasteiger partial charge is 0.377 e. The Kier molecular flexibility index (Phi) is 7.72. The van der Waals surface area contributed by atoms with Crippen LogP contribution in [0.1, 0.15) is 45.0 Å². The van der Waals surface area contributed by atoms with Crippen LogP contribution in [0.4, 0.5) is 0 Å². The molecule has 5 nitrogen and oxygen atoms in total. The Hall–Kier alpha value is -0.430. The molecule has 0 fully saturated rings. The minimum Gasteiger partial charge on any atom is -0.377 e. The molecule has 6 heteroatoms. The fourth-order valence-electron chi connectivity index (χ4n) is 2.47. The lowest BCUT2D eigenvalue weighted by atomic mass is 10.0. The van der Waals surface area contributed by atoms with Crippen molar-refractivity contribution in [2.24, 2.45) is 5.84 Å². The lowest BCUT2D eigenvalue weighted by molar-refractivity contribution is 0.0276. The predicted octanol–water partition coefficient (Wildman–Crippen LogP) is 2.55. The van der Waals surface area contributed by atoms with Gasteiger partial charge in [0, 0.05) is 19.6 Å². The van der Waals surface area contributed by atoms with E-state index in [0.717, 1.165) is 36.0 Å². The topological polar surface area (TPSA) is 65.1 Å². The molecule has 0 aliphatic carbocycles. The van der Waals surface area contributed by atoms with Crippen LogP contribution in [0.15, 0.2) is 4.47 Å². The standard InChI is InChI=1S/C14H27BrN4O/c1-5-8-13(20-7-3)11(17-16)9-12-14(15)10(4)18-19(12)6-2/h11,13,17H,5-9,16H2,1-4H3. The first-order valence-corrected chi connectivity index (χ1v) is 8.17. The molecule has 0 spiro atoms. The van der Waals surface area contributed by atoms with Gasteiger partial charge in [-0.05, 0) is 43.1 Å². The van der Waals surface area contributed by atoms with Crippen molar-refractivity contribution in [1.82, 2.24) is 15.2 Å². The average Bonchev–Trinajstić information content (AvgIpc) is 2.71. The van der Waals surface area contributed by atoms with Gasteiger partial charge in [0.2, 0.25) is 0 Å². The molecule has 0 bridgehead atoms. The van der Waals surface area contributed by atoms with Crippen molar-refractivity contribution >= 4 is 15.9 Å². The molecule has 0 amide bonds. The molecule has 1 heterocycles. The van der Waals surface area contributed by atoms with Gasteiger partial charge in [-0.25, -0.2) is 0 Å². The predicted molar refractivity (Wildman–Crippen MR) is 85.5 cm³/mol. The van der Waals surface area contributed by atoms with E-state index in [2.05, 4.69) is 40.3 Å². The van der Waals surface area contributed by atoms with Gasteiger partial charge in [-0.2, -0.15) is 5.10 Å². The van der Waals surface area contributed by atoms with Crippen LogP contribution in [0, 0.1) is 6.92 Å².